The van der Waals surface area contributed by atoms with Gasteiger partial charge in [0.05, 0.1) is 6.61 Å². The maximum Gasteiger partial charge on any atom is 0.147 e. The van der Waals surface area contributed by atoms with Crippen LogP contribution in [0.4, 0.5) is 0 Å². The van der Waals surface area contributed by atoms with Crippen molar-refractivity contribution in [3.63, 3.8) is 0 Å². The molecule has 0 aliphatic carbocycles. The van der Waals surface area contributed by atoms with Gasteiger partial charge in [-0.25, -0.2) is 0 Å². The Labute approximate surface area is 44.4 Å². The molecule has 0 aromatic carbocycles. The van der Waals surface area contributed by atoms with E-state index in [0.29, 0.717) is 13.4 Å². The fourth-order valence-corrected chi connectivity index (χ4v) is 0.199. The molecule has 0 saturated heterocycles. The van der Waals surface area contributed by atoms with Crippen LogP contribution in [0, 0.1) is 6.61 Å². The zero-order valence-corrected chi connectivity index (χ0v) is 4.81. The van der Waals surface area contributed by atoms with Gasteiger partial charge in [0.1, 0.15) is 6.79 Å². The summed E-state index contributed by atoms with van der Waals surface area (Å²) in [4.78, 5) is 0. The maximum absolute atomic E-state index is 4.82. The number of ether oxygens (including phenoxy) is 2. The summed E-state index contributed by atoms with van der Waals surface area (Å²) in [5.41, 5.74) is 0. The van der Waals surface area contributed by atoms with Crippen LogP contribution in [0.3, 0.4) is 0 Å². The van der Waals surface area contributed by atoms with Crippen molar-refractivity contribution in [2.75, 3.05) is 13.4 Å². The van der Waals surface area contributed by atoms with E-state index >= 15 is 0 Å². The van der Waals surface area contributed by atoms with Crippen LogP contribution in [-0.4, -0.2) is 13.4 Å². The van der Waals surface area contributed by atoms with Crippen molar-refractivity contribution >= 4 is 0 Å². The van der Waals surface area contributed by atoms with Gasteiger partial charge in [0.2, 0.25) is 0 Å². The molecule has 0 aliphatic rings. The van der Waals surface area contributed by atoms with Crippen LogP contribution in [0.25, 0.3) is 0 Å². The summed E-state index contributed by atoms with van der Waals surface area (Å²) < 4.78 is 9.55. The average molecular weight is 103 g/mol. The van der Waals surface area contributed by atoms with E-state index in [1.54, 1.807) is 6.61 Å². The van der Waals surface area contributed by atoms with Gasteiger partial charge in [0.15, 0.2) is 0 Å². The Morgan fingerprint density at radius 3 is 2.71 bits per heavy atom. The highest BCUT2D eigenvalue weighted by Crippen LogP contribution is 1.78. The molecule has 0 rings (SSSR count). The third-order valence-corrected chi connectivity index (χ3v) is 0.522. The van der Waals surface area contributed by atoms with Crippen LogP contribution in [0.15, 0.2) is 0 Å². The molecule has 2 heteroatoms. The monoisotopic (exact) mass is 103 g/mol. The molecule has 1 radical (unpaired) electrons. The first kappa shape index (κ1) is 6.92. The van der Waals surface area contributed by atoms with Crippen molar-refractivity contribution in [3.05, 3.63) is 6.61 Å². The molecule has 0 spiro atoms. The normalized spacial score (nSPS) is 9.43. The van der Waals surface area contributed by atoms with Gasteiger partial charge in [-0.2, -0.15) is 0 Å². The van der Waals surface area contributed by atoms with E-state index in [0.717, 1.165) is 0 Å². The van der Waals surface area contributed by atoms with E-state index in [1.165, 1.54) is 0 Å². The number of rotatable bonds is 4. The van der Waals surface area contributed by atoms with Gasteiger partial charge in [0.25, 0.3) is 0 Å². The second-order valence-electron chi connectivity index (χ2n) is 1.01. The largest absolute Gasteiger partial charge is 0.356 e. The average Bonchev–Trinajstić information content (AvgIpc) is 1.69. The van der Waals surface area contributed by atoms with Crippen molar-refractivity contribution in [1.29, 1.82) is 0 Å². The van der Waals surface area contributed by atoms with E-state index in [1.807, 2.05) is 13.8 Å². The Balaban J connectivity index is 2.45. The predicted molar refractivity (Wildman–Crippen MR) is 27.6 cm³/mol. The summed E-state index contributed by atoms with van der Waals surface area (Å²) in [7, 11) is 0. The van der Waals surface area contributed by atoms with Gasteiger partial charge in [0, 0.05) is 6.61 Å². The Kier molecular flexibility index (Phi) is 5.85. The highest BCUT2D eigenvalue weighted by Gasteiger charge is 1.77. The minimum atomic E-state index is 0.382. The molecule has 0 aromatic heterocycles. The third kappa shape index (κ3) is 5.92. The zero-order valence-electron chi connectivity index (χ0n) is 4.81. The highest BCUT2D eigenvalue weighted by molar-refractivity contribution is 4.27. The van der Waals surface area contributed by atoms with E-state index in [4.69, 9.17) is 9.47 Å². The number of hydrogen-bond acceptors (Lipinski definition) is 2. The summed E-state index contributed by atoms with van der Waals surface area (Å²) >= 11 is 0. The van der Waals surface area contributed by atoms with E-state index in [2.05, 4.69) is 0 Å². The minimum Gasteiger partial charge on any atom is -0.356 e. The first-order valence-corrected chi connectivity index (χ1v) is 2.39. The summed E-state index contributed by atoms with van der Waals surface area (Å²) in [6, 6.07) is 0. The molecule has 0 amide bonds. The van der Waals surface area contributed by atoms with Crippen molar-refractivity contribution in [1.82, 2.24) is 0 Å². The first-order chi connectivity index (χ1) is 3.41. The van der Waals surface area contributed by atoms with Crippen molar-refractivity contribution in [2.24, 2.45) is 0 Å². The topological polar surface area (TPSA) is 18.5 Å². The fraction of sp³-hybridized carbons (Fsp3) is 0.800. The quantitative estimate of drug-likeness (QED) is 0.393. The van der Waals surface area contributed by atoms with E-state index in [9.17, 15) is 0 Å². The van der Waals surface area contributed by atoms with Gasteiger partial charge in [-0.05, 0) is 13.8 Å². The molecule has 0 heterocycles. The molecular weight excluding hydrogens is 92.1 g/mol. The molecule has 43 valence electrons. The van der Waals surface area contributed by atoms with Gasteiger partial charge in [-0.1, -0.05) is 0 Å². The van der Waals surface area contributed by atoms with Crippen molar-refractivity contribution < 1.29 is 9.47 Å². The Hall–Kier alpha value is -0.0800. The molecule has 0 unspecified atom stereocenters. The smallest absolute Gasteiger partial charge is 0.147 e. The Morgan fingerprint density at radius 2 is 2.29 bits per heavy atom. The molecule has 0 aromatic rings. The summed E-state index contributed by atoms with van der Waals surface area (Å²) in [5.74, 6) is 0. The summed E-state index contributed by atoms with van der Waals surface area (Å²) in [6.45, 7) is 6.45. The molecule has 0 saturated carbocycles. The van der Waals surface area contributed by atoms with Crippen LogP contribution < -0.4 is 0 Å². The van der Waals surface area contributed by atoms with Crippen molar-refractivity contribution in [3.8, 4) is 0 Å². The Morgan fingerprint density at radius 1 is 1.57 bits per heavy atom. The van der Waals surface area contributed by atoms with Crippen LogP contribution in [0.1, 0.15) is 13.8 Å². The molecule has 0 aliphatic heterocycles. The lowest BCUT2D eigenvalue weighted by atomic mass is 10.9. The van der Waals surface area contributed by atoms with Gasteiger partial charge < -0.3 is 9.47 Å². The van der Waals surface area contributed by atoms with Gasteiger partial charge >= 0.3 is 0 Å². The minimum absolute atomic E-state index is 0.382. The molecule has 7 heavy (non-hydrogen) atoms. The molecule has 0 atom stereocenters. The van der Waals surface area contributed by atoms with E-state index in [-0.39, 0.29) is 0 Å². The van der Waals surface area contributed by atoms with Crippen LogP contribution in [-0.2, 0) is 9.47 Å². The standard InChI is InChI=1S/C5H11O2/c1-3-6-5-7-4-2/h3H,4-5H2,1-2H3. The van der Waals surface area contributed by atoms with Gasteiger partial charge in [-0.15, -0.1) is 0 Å². The van der Waals surface area contributed by atoms with Crippen LogP contribution >= 0.6 is 0 Å². The lowest BCUT2D eigenvalue weighted by Gasteiger charge is -1.96. The Bertz CT molecular complexity index is 25.3. The second-order valence-corrected chi connectivity index (χ2v) is 1.01. The second kappa shape index (κ2) is 5.92. The number of hydrogen-bond donors (Lipinski definition) is 0. The molecule has 0 bridgehead atoms. The lowest BCUT2D eigenvalue weighted by molar-refractivity contribution is -0.0211. The summed E-state index contributed by atoms with van der Waals surface area (Å²) in [5, 5.41) is 0. The third-order valence-electron chi connectivity index (χ3n) is 0.522. The first-order valence-electron chi connectivity index (χ1n) is 2.39. The van der Waals surface area contributed by atoms with Crippen LogP contribution in [0.2, 0.25) is 0 Å². The zero-order chi connectivity index (χ0) is 5.54. The SMILES string of the molecule is C[CH]OCOCC. The van der Waals surface area contributed by atoms with Crippen LogP contribution in [0.5, 0.6) is 0 Å². The van der Waals surface area contributed by atoms with Gasteiger partial charge in [-0.3, -0.25) is 0 Å². The lowest BCUT2D eigenvalue weighted by Crippen LogP contribution is -1.94. The summed E-state index contributed by atoms with van der Waals surface area (Å²) in [6.07, 6.45) is 0. The molecule has 2 nitrogen and oxygen atoms in total. The predicted octanol–water partition coefficient (Wildman–Crippen LogP) is 1.18. The van der Waals surface area contributed by atoms with Crippen molar-refractivity contribution in [2.45, 2.75) is 13.8 Å². The maximum atomic E-state index is 4.82. The molecule has 0 fully saturated rings. The van der Waals surface area contributed by atoms with E-state index < -0.39 is 0 Å². The highest BCUT2D eigenvalue weighted by atomic mass is 16.7. The molecular formula is C5H11O2. The molecule has 0 N–H and O–H groups in total. The fourth-order valence-electron chi connectivity index (χ4n) is 0.199.